The highest BCUT2D eigenvalue weighted by Gasteiger charge is 2.15. The molecule has 0 bridgehead atoms. The maximum absolute atomic E-state index is 12.4. The molecule has 0 saturated carbocycles. The van der Waals surface area contributed by atoms with E-state index in [1.807, 2.05) is 0 Å². The van der Waals surface area contributed by atoms with Crippen molar-refractivity contribution in [1.82, 2.24) is 0 Å². The zero-order chi connectivity index (χ0) is 33.6. The Morgan fingerprint density at radius 1 is 0.478 bits per heavy atom. The molecule has 0 fully saturated rings. The molecule has 4 nitrogen and oxygen atoms in total. The van der Waals surface area contributed by atoms with Gasteiger partial charge < -0.3 is 9.84 Å². The van der Waals surface area contributed by atoms with Gasteiger partial charge in [-0.15, -0.1) is 0 Å². The average Bonchev–Trinajstić information content (AvgIpc) is 3.04. The summed E-state index contributed by atoms with van der Waals surface area (Å²) in [6, 6.07) is 0. The van der Waals surface area contributed by atoms with Gasteiger partial charge in [-0.05, 0) is 64.2 Å². The summed E-state index contributed by atoms with van der Waals surface area (Å²) >= 11 is 0. The van der Waals surface area contributed by atoms with Crippen LogP contribution in [0.5, 0.6) is 0 Å². The van der Waals surface area contributed by atoms with Gasteiger partial charge >= 0.3 is 11.9 Å². The van der Waals surface area contributed by atoms with Crippen molar-refractivity contribution in [1.29, 1.82) is 0 Å². The maximum Gasteiger partial charge on any atom is 0.306 e. The minimum absolute atomic E-state index is 0.0546. The molecule has 1 unspecified atom stereocenters. The lowest BCUT2D eigenvalue weighted by atomic mass is 10.0. The highest BCUT2D eigenvalue weighted by molar-refractivity contribution is 5.70. The number of aliphatic carboxylic acids is 1. The number of carbonyl (C=O) groups excluding carboxylic acids is 1. The first-order valence-electron chi connectivity index (χ1n) is 19.6. The van der Waals surface area contributed by atoms with Crippen molar-refractivity contribution >= 4 is 11.9 Å². The topological polar surface area (TPSA) is 63.6 Å². The van der Waals surface area contributed by atoms with Gasteiger partial charge in [-0.1, -0.05) is 172 Å². The highest BCUT2D eigenvalue weighted by Crippen LogP contribution is 2.17. The van der Waals surface area contributed by atoms with Crippen molar-refractivity contribution < 1.29 is 19.4 Å². The fraction of sp³-hybridized carbons (Fsp3) is 0.762. The summed E-state index contributed by atoms with van der Waals surface area (Å²) in [7, 11) is 0. The predicted molar refractivity (Wildman–Crippen MR) is 199 cm³/mol. The van der Waals surface area contributed by atoms with Crippen LogP contribution in [0.2, 0.25) is 0 Å². The largest absolute Gasteiger partial charge is 0.481 e. The van der Waals surface area contributed by atoms with E-state index in [1.54, 1.807) is 0 Å². The fourth-order valence-electron chi connectivity index (χ4n) is 5.64. The molecule has 0 aliphatic carbocycles. The SMILES string of the molecule is CCCCC/C=C\C/C=C\C/C=C\C/C=C\CCCC(=O)OC(CCCCCCCCCCCCCCCCCC)CCC(=O)O. The molecule has 0 heterocycles. The molecule has 0 amide bonds. The molecule has 46 heavy (non-hydrogen) atoms. The summed E-state index contributed by atoms with van der Waals surface area (Å²) in [6.07, 6.45) is 49.8. The molecule has 266 valence electrons. The standard InChI is InChI=1S/C42H74O4/c1-3-5-7-9-11-13-15-17-19-21-23-25-27-29-31-33-35-37-42(45)46-40(38-39-41(43)44)36-34-32-30-28-26-24-22-20-18-16-14-12-10-8-6-4-2/h11,13,17,19,23,25,29,31,40H,3-10,12,14-16,18,20-22,24,26-28,30,32-39H2,1-2H3,(H,43,44)/b13-11-,19-17-,25-23-,31-29-. The van der Waals surface area contributed by atoms with E-state index in [-0.39, 0.29) is 18.5 Å². The van der Waals surface area contributed by atoms with E-state index in [1.165, 1.54) is 116 Å². The van der Waals surface area contributed by atoms with Gasteiger partial charge in [-0.2, -0.15) is 0 Å². The van der Waals surface area contributed by atoms with E-state index < -0.39 is 5.97 Å². The highest BCUT2D eigenvalue weighted by atomic mass is 16.5. The summed E-state index contributed by atoms with van der Waals surface area (Å²) in [5.41, 5.74) is 0. The minimum atomic E-state index is -0.825. The van der Waals surface area contributed by atoms with Crippen molar-refractivity contribution in [3.05, 3.63) is 48.6 Å². The first kappa shape index (κ1) is 43.9. The van der Waals surface area contributed by atoms with Crippen molar-refractivity contribution in [2.24, 2.45) is 0 Å². The van der Waals surface area contributed by atoms with E-state index in [0.717, 1.165) is 51.4 Å². The minimum Gasteiger partial charge on any atom is -0.481 e. The number of carboxylic acid groups (broad SMARTS) is 1. The Hall–Kier alpha value is -2.10. The predicted octanol–water partition coefficient (Wildman–Crippen LogP) is 13.6. The number of esters is 1. The van der Waals surface area contributed by atoms with Crippen LogP contribution >= 0.6 is 0 Å². The van der Waals surface area contributed by atoms with Crippen molar-refractivity contribution in [3.8, 4) is 0 Å². The van der Waals surface area contributed by atoms with Crippen molar-refractivity contribution in [2.75, 3.05) is 0 Å². The molecule has 0 spiro atoms. The van der Waals surface area contributed by atoms with Crippen LogP contribution in [0.25, 0.3) is 0 Å². The van der Waals surface area contributed by atoms with E-state index >= 15 is 0 Å². The number of rotatable bonds is 35. The number of carbonyl (C=O) groups is 2. The molecule has 0 aromatic carbocycles. The fourth-order valence-corrected chi connectivity index (χ4v) is 5.64. The van der Waals surface area contributed by atoms with Gasteiger partial charge in [0.15, 0.2) is 0 Å². The van der Waals surface area contributed by atoms with Gasteiger partial charge in [0.05, 0.1) is 0 Å². The third-order valence-corrected chi connectivity index (χ3v) is 8.57. The van der Waals surface area contributed by atoms with E-state index in [0.29, 0.717) is 12.8 Å². The van der Waals surface area contributed by atoms with Gasteiger partial charge in [-0.3, -0.25) is 9.59 Å². The lowest BCUT2D eigenvalue weighted by molar-refractivity contribution is -0.151. The second-order valence-electron chi connectivity index (χ2n) is 13.1. The Morgan fingerprint density at radius 2 is 0.870 bits per heavy atom. The Morgan fingerprint density at radius 3 is 1.33 bits per heavy atom. The Kier molecular flexibility index (Phi) is 35.7. The molecule has 0 aromatic heterocycles. The monoisotopic (exact) mass is 643 g/mol. The van der Waals surface area contributed by atoms with Crippen LogP contribution in [0.1, 0.15) is 200 Å². The van der Waals surface area contributed by atoms with Crippen LogP contribution in [0.15, 0.2) is 48.6 Å². The molecular weight excluding hydrogens is 568 g/mol. The molecule has 0 aliphatic heterocycles. The van der Waals surface area contributed by atoms with Gasteiger partial charge in [0.1, 0.15) is 6.10 Å². The lowest BCUT2D eigenvalue weighted by Crippen LogP contribution is -2.19. The molecule has 1 N–H and O–H groups in total. The first-order chi connectivity index (χ1) is 22.6. The molecule has 1 atom stereocenters. The number of allylic oxidation sites excluding steroid dienone is 8. The molecule has 4 heteroatoms. The number of unbranched alkanes of at least 4 members (excludes halogenated alkanes) is 19. The second kappa shape index (κ2) is 37.4. The average molecular weight is 643 g/mol. The third-order valence-electron chi connectivity index (χ3n) is 8.57. The smallest absolute Gasteiger partial charge is 0.306 e. The number of hydrogen-bond acceptors (Lipinski definition) is 3. The lowest BCUT2D eigenvalue weighted by Gasteiger charge is -2.17. The number of hydrogen-bond donors (Lipinski definition) is 1. The Labute approximate surface area is 285 Å². The van der Waals surface area contributed by atoms with Crippen LogP contribution in [0.4, 0.5) is 0 Å². The molecule has 0 aromatic rings. The first-order valence-corrected chi connectivity index (χ1v) is 19.6. The zero-order valence-corrected chi connectivity index (χ0v) is 30.4. The van der Waals surface area contributed by atoms with Crippen molar-refractivity contribution in [2.45, 2.75) is 206 Å². The molecule has 0 radical (unpaired) electrons. The van der Waals surface area contributed by atoms with E-state index in [9.17, 15) is 9.59 Å². The van der Waals surface area contributed by atoms with E-state index in [4.69, 9.17) is 9.84 Å². The maximum atomic E-state index is 12.4. The number of carboxylic acids is 1. The van der Waals surface area contributed by atoms with Crippen molar-refractivity contribution in [3.63, 3.8) is 0 Å². The summed E-state index contributed by atoms with van der Waals surface area (Å²) < 4.78 is 5.71. The third kappa shape index (κ3) is 36.4. The molecular formula is C42H74O4. The summed E-state index contributed by atoms with van der Waals surface area (Å²) in [4.78, 5) is 23.5. The molecule has 0 saturated heterocycles. The van der Waals surface area contributed by atoms with Crippen LogP contribution in [-0.2, 0) is 14.3 Å². The van der Waals surface area contributed by atoms with Gasteiger partial charge in [0.25, 0.3) is 0 Å². The summed E-state index contributed by atoms with van der Waals surface area (Å²) in [5.74, 6) is -1.02. The van der Waals surface area contributed by atoms with Crippen LogP contribution in [-0.4, -0.2) is 23.1 Å². The summed E-state index contributed by atoms with van der Waals surface area (Å²) in [6.45, 7) is 4.51. The summed E-state index contributed by atoms with van der Waals surface area (Å²) in [5, 5.41) is 9.12. The van der Waals surface area contributed by atoms with Gasteiger partial charge in [0.2, 0.25) is 0 Å². The van der Waals surface area contributed by atoms with E-state index in [2.05, 4.69) is 62.5 Å². The Balaban J connectivity index is 3.85. The second-order valence-corrected chi connectivity index (χ2v) is 13.1. The molecule has 0 rings (SSSR count). The molecule has 0 aliphatic rings. The quantitative estimate of drug-likeness (QED) is 0.0424. The Bertz CT molecular complexity index is 779. The zero-order valence-electron chi connectivity index (χ0n) is 30.4. The normalized spacial score (nSPS) is 12.7. The van der Waals surface area contributed by atoms with Gasteiger partial charge in [-0.25, -0.2) is 0 Å². The van der Waals surface area contributed by atoms with Crippen LogP contribution in [0.3, 0.4) is 0 Å². The van der Waals surface area contributed by atoms with Crippen LogP contribution < -0.4 is 0 Å². The van der Waals surface area contributed by atoms with Gasteiger partial charge in [0, 0.05) is 12.8 Å². The number of ether oxygens (including phenoxy) is 1. The van der Waals surface area contributed by atoms with Crippen LogP contribution in [0, 0.1) is 0 Å².